The summed E-state index contributed by atoms with van der Waals surface area (Å²) in [6.45, 7) is 1.83. The average molecular weight is 318 g/mol. The van der Waals surface area contributed by atoms with Gasteiger partial charge in [-0.15, -0.1) is 0 Å². The van der Waals surface area contributed by atoms with Gasteiger partial charge >= 0.3 is 0 Å². The molecule has 0 unspecified atom stereocenters. The van der Waals surface area contributed by atoms with Crippen LogP contribution in [0.25, 0.3) is 0 Å². The van der Waals surface area contributed by atoms with Gasteiger partial charge in [0.1, 0.15) is 14.7 Å². The first kappa shape index (κ1) is 15.3. The van der Waals surface area contributed by atoms with E-state index in [0.717, 1.165) is 5.56 Å². The normalized spacial score (nSPS) is 19.9. The summed E-state index contributed by atoms with van der Waals surface area (Å²) >= 11 is 0. The van der Waals surface area contributed by atoms with Gasteiger partial charge < -0.3 is 5.73 Å². The van der Waals surface area contributed by atoms with Crippen molar-refractivity contribution < 1.29 is 16.8 Å². The molecule has 3 N–H and O–H groups in total. The predicted octanol–water partition coefficient (Wildman–Crippen LogP) is 0.433. The summed E-state index contributed by atoms with van der Waals surface area (Å²) in [4.78, 5) is 0.0385. The van der Waals surface area contributed by atoms with Crippen molar-refractivity contribution in [3.63, 3.8) is 0 Å². The standard InChI is InChI=1S/C12H18N2O4S2/c1-9-2-3-12(11(13)8-9)20(17,18)14-10-4-6-19(15,16)7-5-10/h2-3,8,10,14H,4-7,13H2,1H3. The van der Waals surface area contributed by atoms with Crippen LogP contribution in [-0.4, -0.2) is 34.4 Å². The maximum Gasteiger partial charge on any atom is 0.242 e. The number of hydrogen-bond acceptors (Lipinski definition) is 5. The van der Waals surface area contributed by atoms with Crippen molar-refractivity contribution in [1.82, 2.24) is 4.72 Å². The van der Waals surface area contributed by atoms with Crippen molar-refractivity contribution in [2.45, 2.75) is 30.7 Å². The smallest absolute Gasteiger partial charge is 0.242 e. The number of sulfonamides is 1. The van der Waals surface area contributed by atoms with Crippen LogP contribution in [0.15, 0.2) is 23.1 Å². The molecule has 1 aromatic rings. The van der Waals surface area contributed by atoms with Crippen LogP contribution in [0.2, 0.25) is 0 Å². The minimum absolute atomic E-state index is 0.0174. The van der Waals surface area contributed by atoms with Gasteiger partial charge in [-0.2, -0.15) is 0 Å². The first-order valence-electron chi connectivity index (χ1n) is 6.28. The number of nitrogens with one attached hydrogen (secondary N) is 1. The van der Waals surface area contributed by atoms with Crippen molar-refractivity contribution in [3.05, 3.63) is 23.8 Å². The van der Waals surface area contributed by atoms with Crippen LogP contribution in [0.1, 0.15) is 18.4 Å². The second-order valence-electron chi connectivity index (χ2n) is 5.09. The third-order valence-electron chi connectivity index (χ3n) is 3.33. The molecule has 1 aliphatic rings. The number of nitrogens with two attached hydrogens (primary N) is 1. The number of aryl methyl sites for hydroxylation is 1. The number of benzene rings is 1. The fraction of sp³-hybridized carbons (Fsp3) is 0.500. The molecule has 0 aromatic heterocycles. The topological polar surface area (TPSA) is 106 Å². The lowest BCUT2D eigenvalue weighted by atomic mass is 10.2. The second kappa shape index (κ2) is 5.34. The molecular formula is C12H18N2O4S2. The zero-order chi connectivity index (χ0) is 15.0. The Bertz CT molecular complexity index is 697. The van der Waals surface area contributed by atoms with Crippen LogP contribution in [0.5, 0.6) is 0 Å². The highest BCUT2D eigenvalue weighted by Gasteiger charge is 2.28. The summed E-state index contributed by atoms with van der Waals surface area (Å²) in [6.07, 6.45) is 0.598. The molecule has 8 heteroatoms. The van der Waals surface area contributed by atoms with E-state index in [1.54, 1.807) is 12.1 Å². The van der Waals surface area contributed by atoms with E-state index in [1.165, 1.54) is 6.07 Å². The van der Waals surface area contributed by atoms with E-state index >= 15 is 0 Å². The molecule has 0 atom stereocenters. The van der Waals surface area contributed by atoms with Crippen LogP contribution < -0.4 is 10.5 Å². The average Bonchev–Trinajstić information content (AvgIpc) is 2.31. The highest BCUT2D eigenvalue weighted by atomic mass is 32.2. The minimum atomic E-state index is -3.71. The molecule has 1 heterocycles. The van der Waals surface area contributed by atoms with Gasteiger partial charge in [-0.3, -0.25) is 0 Å². The van der Waals surface area contributed by atoms with Gasteiger partial charge in [0.25, 0.3) is 0 Å². The lowest BCUT2D eigenvalue weighted by Crippen LogP contribution is -2.40. The molecule has 112 valence electrons. The summed E-state index contributed by atoms with van der Waals surface area (Å²) in [5.74, 6) is 0.0349. The maximum atomic E-state index is 12.3. The van der Waals surface area contributed by atoms with Gasteiger partial charge in [0.15, 0.2) is 0 Å². The molecule has 0 saturated carbocycles. The number of anilines is 1. The molecule has 2 rings (SSSR count). The first-order valence-corrected chi connectivity index (χ1v) is 9.59. The van der Waals surface area contributed by atoms with Gasteiger partial charge in [-0.05, 0) is 37.5 Å². The largest absolute Gasteiger partial charge is 0.398 e. The zero-order valence-corrected chi connectivity index (χ0v) is 12.8. The summed E-state index contributed by atoms with van der Waals surface area (Å²) in [6, 6.07) is 4.38. The van der Waals surface area contributed by atoms with E-state index in [0.29, 0.717) is 12.8 Å². The van der Waals surface area contributed by atoms with Crippen molar-refractivity contribution in [1.29, 1.82) is 0 Å². The van der Waals surface area contributed by atoms with Crippen LogP contribution in [0, 0.1) is 6.92 Å². The van der Waals surface area contributed by atoms with Crippen molar-refractivity contribution in [2.75, 3.05) is 17.2 Å². The van der Waals surface area contributed by atoms with Crippen LogP contribution >= 0.6 is 0 Å². The number of sulfone groups is 1. The molecule has 0 aliphatic carbocycles. The Labute approximate surface area is 119 Å². The van der Waals surface area contributed by atoms with Crippen LogP contribution in [0.3, 0.4) is 0 Å². The maximum absolute atomic E-state index is 12.3. The lowest BCUT2D eigenvalue weighted by Gasteiger charge is -2.23. The predicted molar refractivity (Wildman–Crippen MR) is 77.6 cm³/mol. The van der Waals surface area contributed by atoms with E-state index < -0.39 is 19.9 Å². The number of rotatable bonds is 3. The highest BCUT2D eigenvalue weighted by Crippen LogP contribution is 2.21. The monoisotopic (exact) mass is 318 g/mol. The van der Waals surface area contributed by atoms with E-state index in [-0.39, 0.29) is 28.1 Å². The van der Waals surface area contributed by atoms with Crippen molar-refractivity contribution in [3.8, 4) is 0 Å². The molecule has 0 spiro atoms. The summed E-state index contributed by atoms with van der Waals surface area (Å²) in [5, 5.41) is 0. The summed E-state index contributed by atoms with van der Waals surface area (Å²) in [7, 11) is -6.72. The quantitative estimate of drug-likeness (QED) is 0.786. The third kappa shape index (κ3) is 3.50. The van der Waals surface area contributed by atoms with Crippen molar-refractivity contribution in [2.24, 2.45) is 0 Å². The van der Waals surface area contributed by atoms with Crippen molar-refractivity contribution >= 4 is 25.5 Å². The van der Waals surface area contributed by atoms with Crippen LogP contribution in [0.4, 0.5) is 5.69 Å². The van der Waals surface area contributed by atoms with Gasteiger partial charge in [0.2, 0.25) is 10.0 Å². The summed E-state index contributed by atoms with van der Waals surface area (Å²) in [5.41, 5.74) is 6.82. The van der Waals surface area contributed by atoms with Gasteiger partial charge in [0, 0.05) is 6.04 Å². The molecule has 1 fully saturated rings. The number of hydrogen-bond donors (Lipinski definition) is 2. The molecule has 0 radical (unpaired) electrons. The molecule has 1 aromatic carbocycles. The molecule has 1 aliphatic heterocycles. The van der Waals surface area contributed by atoms with Gasteiger partial charge in [-0.25, -0.2) is 21.6 Å². The molecule has 1 saturated heterocycles. The Morgan fingerprint density at radius 2 is 1.85 bits per heavy atom. The first-order chi connectivity index (χ1) is 9.20. The Morgan fingerprint density at radius 1 is 1.25 bits per heavy atom. The molecule has 6 nitrogen and oxygen atoms in total. The van der Waals surface area contributed by atoms with E-state index in [9.17, 15) is 16.8 Å². The van der Waals surface area contributed by atoms with E-state index in [4.69, 9.17) is 5.73 Å². The fourth-order valence-corrected chi connectivity index (χ4v) is 5.11. The fourth-order valence-electron chi connectivity index (χ4n) is 2.20. The summed E-state index contributed by atoms with van der Waals surface area (Å²) < 4.78 is 49.7. The molecule has 0 bridgehead atoms. The zero-order valence-electron chi connectivity index (χ0n) is 11.2. The molecular weight excluding hydrogens is 300 g/mol. The second-order valence-corrected chi connectivity index (χ2v) is 9.07. The Hall–Kier alpha value is -1.12. The van der Waals surface area contributed by atoms with E-state index in [1.807, 2.05) is 6.92 Å². The molecule has 0 amide bonds. The third-order valence-corrected chi connectivity index (χ3v) is 6.64. The minimum Gasteiger partial charge on any atom is -0.398 e. The van der Waals surface area contributed by atoms with E-state index in [2.05, 4.69) is 4.72 Å². The Balaban J connectivity index is 2.16. The molecule has 20 heavy (non-hydrogen) atoms. The Kier molecular flexibility index (Phi) is 4.08. The highest BCUT2D eigenvalue weighted by molar-refractivity contribution is 7.91. The van der Waals surface area contributed by atoms with Gasteiger partial charge in [-0.1, -0.05) is 6.07 Å². The number of nitrogen functional groups attached to an aromatic ring is 1. The SMILES string of the molecule is Cc1ccc(S(=O)(=O)NC2CCS(=O)(=O)CC2)c(N)c1. The van der Waals surface area contributed by atoms with Crippen LogP contribution in [-0.2, 0) is 19.9 Å². The van der Waals surface area contributed by atoms with Gasteiger partial charge in [0.05, 0.1) is 17.2 Å². The Morgan fingerprint density at radius 3 is 2.40 bits per heavy atom. The lowest BCUT2D eigenvalue weighted by molar-refractivity contribution is 0.505.